The lowest BCUT2D eigenvalue weighted by atomic mass is 10.4. The zero-order chi connectivity index (χ0) is 8.85. The number of halogens is 2. The van der Waals surface area contributed by atoms with Gasteiger partial charge in [-0.05, 0) is 26.1 Å². The molecule has 0 rings (SSSR count). The van der Waals surface area contributed by atoms with Gasteiger partial charge in [-0.3, -0.25) is 0 Å². The summed E-state index contributed by atoms with van der Waals surface area (Å²) in [5, 5.41) is 5.45. The van der Waals surface area contributed by atoms with Crippen molar-refractivity contribution in [3.05, 3.63) is 0 Å². The van der Waals surface area contributed by atoms with Crippen molar-refractivity contribution in [1.82, 2.24) is 10.6 Å². The van der Waals surface area contributed by atoms with Gasteiger partial charge in [-0.15, -0.1) is 0 Å². The summed E-state index contributed by atoms with van der Waals surface area (Å²) in [6.45, 7) is 3.38. The maximum atomic E-state index is 11.6. The summed E-state index contributed by atoms with van der Waals surface area (Å²) in [5.41, 5.74) is 0. The summed E-state index contributed by atoms with van der Waals surface area (Å²) in [7, 11) is 0. The lowest BCUT2D eigenvalue weighted by Crippen LogP contribution is -2.41. The molecular weight excluding hydrogens is 170 g/mol. The Morgan fingerprint density at radius 1 is 1.45 bits per heavy atom. The number of alkyl halides is 2. The quantitative estimate of drug-likeness (QED) is 0.640. The van der Waals surface area contributed by atoms with Crippen molar-refractivity contribution in [3.8, 4) is 0 Å². The van der Waals surface area contributed by atoms with Gasteiger partial charge in [0.1, 0.15) is 0 Å². The number of nitrogens with one attached hydrogen (secondary N) is 2. The van der Waals surface area contributed by atoms with E-state index >= 15 is 0 Å². The minimum atomic E-state index is -2.36. The fourth-order valence-electron chi connectivity index (χ4n) is 0.483. The largest absolute Gasteiger partial charge is 0.361 e. The second-order valence-corrected chi connectivity index (χ2v) is 2.81. The van der Waals surface area contributed by atoms with Gasteiger partial charge < -0.3 is 10.6 Å². The third kappa shape index (κ3) is 7.45. The highest BCUT2D eigenvalue weighted by Crippen LogP contribution is 1.87. The van der Waals surface area contributed by atoms with Gasteiger partial charge in [0.2, 0.25) is 0 Å². The lowest BCUT2D eigenvalue weighted by Gasteiger charge is -2.12. The summed E-state index contributed by atoms with van der Waals surface area (Å²) < 4.78 is 23.2. The van der Waals surface area contributed by atoms with Crippen LogP contribution in [0.5, 0.6) is 0 Å². The molecule has 0 aliphatic carbocycles. The van der Waals surface area contributed by atoms with Gasteiger partial charge in [-0.25, -0.2) is 8.78 Å². The van der Waals surface area contributed by atoms with Gasteiger partial charge in [-0.2, -0.15) is 0 Å². The van der Waals surface area contributed by atoms with Crippen LogP contribution in [0.1, 0.15) is 13.8 Å². The summed E-state index contributed by atoms with van der Waals surface area (Å²) >= 11 is 4.69. The fourth-order valence-corrected chi connectivity index (χ4v) is 0.802. The standard InChI is InChI=1S/C6H12F2N2S/c1-4(2)10-6(11)9-3-5(7)8/h4-5H,3H2,1-2H3,(H2,9,10,11). The monoisotopic (exact) mass is 182 g/mol. The second-order valence-electron chi connectivity index (χ2n) is 2.40. The number of rotatable bonds is 3. The third-order valence-corrected chi connectivity index (χ3v) is 1.10. The molecule has 0 aromatic rings. The third-order valence-electron chi connectivity index (χ3n) is 0.837. The van der Waals surface area contributed by atoms with E-state index in [4.69, 9.17) is 12.2 Å². The zero-order valence-corrected chi connectivity index (χ0v) is 7.34. The van der Waals surface area contributed by atoms with E-state index in [1.807, 2.05) is 13.8 Å². The van der Waals surface area contributed by atoms with Gasteiger partial charge in [-0.1, -0.05) is 0 Å². The Morgan fingerprint density at radius 3 is 2.36 bits per heavy atom. The first kappa shape index (κ1) is 10.6. The van der Waals surface area contributed by atoms with E-state index in [0.717, 1.165) is 0 Å². The number of thiocarbonyl (C=S) groups is 1. The van der Waals surface area contributed by atoms with Gasteiger partial charge in [0.05, 0.1) is 6.54 Å². The van der Waals surface area contributed by atoms with Crippen molar-refractivity contribution < 1.29 is 8.78 Å². The van der Waals surface area contributed by atoms with E-state index in [9.17, 15) is 8.78 Å². The average molecular weight is 182 g/mol. The first-order chi connectivity index (χ1) is 5.02. The topological polar surface area (TPSA) is 24.1 Å². The van der Waals surface area contributed by atoms with Crippen LogP contribution in [0, 0.1) is 0 Å². The van der Waals surface area contributed by atoms with Crippen molar-refractivity contribution in [1.29, 1.82) is 0 Å². The van der Waals surface area contributed by atoms with E-state index in [1.165, 1.54) is 0 Å². The van der Waals surface area contributed by atoms with Crippen LogP contribution < -0.4 is 10.6 Å². The molecule has 0 atom stereocenters. The lowest BCUT2D eigenvalue weighted by molar-refractivity contribution is 0.152. The Morgan fingerprint density at radius 2 is 2.00 bits per heavy atom. The number of hydrogen-bond donors (Lipinski definition) is 2. The maximum Gasteiger partial charge on any atom is 0.255 e. The molecule has 5 heteroatoms. The van der Waals surface area contributed by atoms with E-state index in [-0.39, 0.29) is 11.2 Å². The zero-order valence-electron chi connectivity index (χ0n) is 6.53. The highest BCUT2D eigenvalue weighted by molar-refractivity contribution is 7.80. The fraction of sp³-hybridized carbons (Fsp3) is 0.833. The van der Waals surface area contributed by atoms with Crippen molar-refractivity contribution in [2.75, 3.05) is 6.54 Å². The van der Waals surface area contributed by atoms with Crippen LogP contribution in [0.25, 0.3) is 0 Å². The average Bonchev–Trinajstić information content (AvgIpc) is 1.82. The molecule has 0 saturated carbocycles. The molecule has 0 fully saturated rings. The van der Waals surface area contributed by atoms with Crippen LogP contribution in [0.2, 0.25) is 0 Å². The van der Waals surface area contributed by atoms with Crippen LogP contribution in [-0.4, -0.2) is 24.1 Å². The Bertz CT molecular complexity index is 128. The normalized spacial score (nSPS) is 10.4. The van der Waals surface area contributed by atoms with E-state index in [2.05, 4.69) is 10.6 Å². The first-order valence-corrected chi connectivity index (χ1v) is 3.75. The van der Waals surface area contributed by atoms with Crippen LogP contribution in [0.15, 0.2) is 0 Å². The highest BCUT2D eigenvalue weighted by Gasteiger charge is 2.03. The second kappa shape index (κ2) is 5.23. The predicted octanol–water partition coefficient (Wildman–Crippen LogP) is 1.12. The molecule has 0 spiro atoms. The Kier molecular flexibility index (Phi) is 5.02. The Balaban J connectivity index is 3.38. The van der Waals surface area contributed by atoms with Crippen LogP contribution in [-0.2, 0) is 0 Å². The molecule has 0 bridgehead atoms. The van der Waals surface area contributed by atoms with Crippen LogP contribution in [0.4, 0.5) is 8.78 Å². The van der Waals surface area contributed by atoms with Crippen molar-refractivity contribution >= 4 is 17.3 Å². The molecule has 0 radical (unpaired) electrons. The molecule has 0 unspecified atom stereocenters. The Hall–Kier alpha value is -0.450. The predicted molar refractivity (Wildman–Crippen MR) is 44.9 cm³/mol. The van der Waals surface area contributed by atoms with Crippen LogP contribution in [0.3, 0.4) is 0 Å². The molecule has 0 aliphatic heterocycles. The molecule has 0 amide bonds. The minimum absolute atomic E-state index is 0.174. The van der Waals surface area contributed by atoms with Crippen LogP contribution >= 0.6 is 12.2 Å². The van der Waals surface area contributed by atoms with Gasteiger partial charge in [0.25, 0.3) is 6.43 Å². The summed E-state index contributed by atoms with van der Waals surface area (Å²) in [5.74, 6) is 0. The van der Waals surface area contributed by atoms with Crippen molar-refractivity contribution in [2.24, 2.45) is 0 Å². The van der Waals surface area contributed by atoms with E-state index < -0.39 is 13.0 Å². The maximum absolute atomic E-state index is 11.6. The Labute approximate surface area is 70.4 Å². The summed E-state index contributed by atoms with van der Waals surface area (Å²) in [6.07, 6.45) is -2.36. The molecule has 0 heterocycles. The summed E-state index contributed by atoms with van der Waals surface area (Å²) in [6, 6.07) is 0.174. The first-order valence-electron chi connectivity index (χ1n) is 3.35. The molecule has 11 heavy (non-hydrogen) atoms. The van der Waals surface area contributed by atoms with Crippen molar-refractivity contribution in [3.63, 3.8) is 0 Å². The number of hydrogen-bond acceptors (Lipinski definition) is 1. The minimum Gasteiger partial charge on any atom is -0.361 e. The highest BCUT2D eigenvalue weighted by atomic mass is 32.1. The molecule has 0 aromatic carbocycles. The van der Waals surface area contributed by atoms with Crippen molar-refractivity contribution in [2.45, 2.75) is 26.3 Å². The molecule has 2 nitrogen and oxygen atoms in total. The molecule has 0 aliphatic rings. The molecule has 66 valence electrons. The SMILES string of the molecule is CC(C)NC(=S)NCC(F)F. The summed E-state index contributed by atoms with van der Waals surface area (Å²) in [4.78, 5) is 0. The molecule has 0 aromatic heterocycles. The van der Waals surface area contributed by atoms with Gasteiger partial charge in [0, 0.05) is 6.04 Å². The van der Waals surface area contributed by atoms with Gasteiger partial charge >= 0.3 is 0 Å². The molecule has 0 saturated heterocycles. The molecule has 2 N–H and O–H groups in total. The van der Waals surface area contributed by atoms with Gasteiger partial charge in [0.15, 0.2) is 5.11 Å². The smallest absolute Gasteiger partial charge is 0.255 e. The molecular formula is C6H12F2N2S. The van der Waals surface area contributed by atoms with E-state index in [0.29, 0.717) is 0 Å². The van der Waals surface area contributed by atoms with E-state index in [1.54, 1.807) is 0 Å².